The summed E-state index contributed by atoms with van der Waals surface area (Å²) in [5.74, 6) is 3.29. The van der Waals surface area contributed by atoms with Crippen LogP contribution in [0.1, 0.15) is 42.9 Å². The first-order chi connectivity index (χ1) is 14.2. The summed E-state index contributed by atoms with van der Waals surface area (Å²) in [6, 6.07) is 10.8. The van der Waals surface area contributed by atoms with Crippen LogP contribution in [-0.4, -0.2) is 39.5 Å². The highest BCUT2D eigenvalue weighted by atomic mass is 16.5. The van der Waals surface area contributed by atoms with Crippen molar-refractivity contribution in [1.82, 2.24) is 25.4 Å². The first-order valence-corrected chi connectivity index (χ1v) is 10.7. The maximum absolute atomic E-state index is 6.08. The van der Waals surface area contributed by atoms with Gasteiger partial charge in [0.2, 0.25) is 0 Å². The third kappa shape index (κ3) is 3.21. The molecule has 3 atom stereocenters. The summed E-state index contributed by atoms with van der Waals surface area (Å²) in [6.07, 6.45) is 5.44. The highest BCUT2D eigenvalue weighted by molar-refractivity contribution is 5.80. The highest BCUT2D eigenvalue weighted by Crippen LogP contribution is 2.62. The Labute approximate surface area is 172 Å². The number of ether oxygens (including phenoxy) is 1. The van der Waals surface area contributed by atoms with E-state index in [4.69, 9.17) is 9.73 Å². The molecular formula is C22H30N6O. The van der Waals surface area contributed by atoms with E-state index in [9.17, 15) is 0 Å². The fourth-order valence-corrected chi connectivity index (χ4v) is 5.28. The van der Waals surface area contributed by atoms with E-state index in [-0.39, 0.29) is 0 Å². The number of aliphatic imine (C=N–C) groups is 1. The van der Waals surface area contributed by atoms with Crippen molar-refractivity contribution in [2.24, 2.45) is 23.4 Å². The molecule has 7 nitrogen and oxygen atoms in total. The summed E-state index contributed by atoms with van der Waals surface area (Å²) < 4.78 is 8.09. The molecule has 2 aliphatic carbocycles. The van der Waals surface area contributed by atoms with E-state index in [1.807, 2.05) is 24.6 Å². The molecule has 3 fully saturated rings. The first kappa shape index (κ1) is 18.6. The number of nitrogens with one attached hydrogen (secondary N) is 2. The molecule has 154 valence electrons. The molecule has 1 aromatic carbocycles. The van der Waals surface area contributed by atoms with Crippen molar-refractivity contribution in [2.45, 2.75) is 57.8 Å². The van der Waals surface area contributed by atoms with Gasteiger partial charge in [0.15, 0.2) is 11.8 Å². The van der Waals surface area contributed by atoms with Crippen LogP contribution in [0, 0.1) is 18.3 Å². The topological polar surface area (TPSA) is 76.4 Å². The van der Waals surface area contributed by atoms with Crippen LogP contribution in [0.25, 0.3) is 0 Å². The fraction of sp³-hybridized carbons (Fsp3) is 0.591. The molecule has 1 saturated heterocycles. The van der Waals surface area contributed by atoms with Crippen molar-refractivity contribution >= 4 is 5.96 Å². The molecule has 2 saturated carbocycles. The lowest BCUT2D eigenvalue weighted by molar-refractivity contribution is -0.171. The van der Waals surface area contributed by atoms with E-state index in [2.05, 4.69) is 45.1 Å². The van der Waals surface area contributed by atoms with Crippen molar-refractivity contribution < 1.29 is 4.74 Å². The van der Waals surface area contributed by atoms with E-state index < -0.39 is 0 Å². The van der Waals surface area contributed by atoms with Gasteiger partial charge in [0.05, 0.1) is 19.2 Å². The summed E-state index contributed by atoms with van der Waals surface area (Å²) >= 11 is 0. The number of aromatic nitrogens is 3. The average molecular weight is 395 g/mol. The SMILES string of the molecule is Cc1nnc(CNC(=NCc2ccccc2)NC2C3CCOC3C23CCC3)n1C. The second kappa shape index (κ2) is 7.44. The molecule has 1 aliphatic heterocycles. The van der Waals surface area contributed by atoms with Crippen LogP contribution in [0.4, 0.5) is 0 Å². The zero-order valence-electron chi connectivity index (χ0n) is 17.3. The molecule has 2 heterocycles. The molecule has 7 heteroatoms. The molecule has 3 aliphatic rings. The second-order valence-corrected chi connectivity index (χ2v) is 8.68. The first-order valence-electron chi connectivity index (χ1n) is 10.7. The van der Waals surface area contributed by atoms with Gasteiger partial charge in [-0.05, 0) is 31.7 Å². The third-order valence-corrected chi connectivity index (χ3v) is 7.19. The van der Waals surface area contributed by atoms with Gasteiger partial charge in [-0.25, -0.2) is 4.99 Å². The zero-order chi connectivity index (χ0) is 19.8. The smallest absolute Gasteiger partial charge is 0.192 e. The van der Waals surface area contributed by atoms with Gasteiger partial charge in [0, 0.05) is 31.0 Å². The number of hydrogen-bond acceptors (Lipinski definition) is 4. The Morgan fingerprint density at radius 3 is 2.79 bits per heavy atom. The Kier molecular flexibility index (Phi) is 4.78. The summed E-state index contributed by atoms with van der Waals surface area (Å²) in [7, 11) is 2.00. The number of fused-ring (bicyclic) bond motifs is 2. The lowest BCUT2D eigenvalue weighted by atomic mass is 9.46. The van der Waals surface area contributed by atoms with Gasteiger partial charge >= 0.3 is 0 Å². The normalized spacial score (nSPS) is 27.2. The van der Waals surface area contributed by atoms with Gasteiger partial charge in [-0.1, -0.05) is 36.8 Å². The monoisotopic (exact) mass is 394 g/mol. The lowest BCUT2D eigenvalue weighted by Crippen LogP contribution is -2.72. The van der Waals surface area contributed by atoms with Crippen molar-refractivity contribution in [3.63, 3.8) is 0 Å². The maximum Gasteiger partial charge on any atom is 0.192 e. The fourth-order valence-electron chi connectivity index (χ4n) is 5.28. The molecule has 2 N–H and O–H groups in total. The van der Waals surface area contributed by atoms with Gasteiger partial charge in [-0.2, -0.15) is 0 Å². The summed E-state index contributed by atoms with van der Waals surface area (Å²) in [5, 5.41) is 15.7. The maximum atomic E-state index is 6.08. The molecular weight excluding hydrogens is 364 g/mol. The van der Waals surface area contributed by atoms with Crippen molar-refractivity contribution in [2.75, 3.05) is 6.61 Å². The number of guanidine groups is 1. The Balaban J connectivity index is 1.32. The molecule has 0 amide bonds. The Bertz CT molecular complexity index is 888. The lowest BCUT2D eigenvalue weighted by Gasteiger charge is -2.63. The Morgan fingerprint density at radius 2 is 2.10 bits per heavy atom. The minimum absolute atomic E-state index is 0.317. The second-order valence-electron chi connectivity index (χ2n) is 8.68. The largest absolute Gasteiger partial charge is 0.377 e. The molecule has 29 heavy (non-hydrogen) atoms. The van der Waals surface area contributed by atoms with Crippen LogP contribution in [-0.2, 0) is 24.9 Å². The van der Waals surface area contributed by atoms with E-state index in [1.54, 1.807) is 0 Å². The summed E-state index contributed by atoms with van der Waals surface area (Å²) in [4.78, 5) is 4.90. The highest BCUT2D eigenvalue weighted by Gasteiger charge is 2.66. The van der Waals surface area contributed by atoms with Gasteiger partial charge in [0.1, 0.15) is 5.82 Å². The molecule has 2 aromatic rings. The predicted octanol–water partition coefficient (Wildman–Crippen LogP) is 2.32. The minimum atomic E-state index is 0.317. The summed E-state index contributed by atoms with van der Waals surface area (Å²) in [5.41, 5.74) is 1.52. The van der Waals surface area contributed by atoms with Crippen molar-refractivity contribution in [3.05, 3.63) is 47.5 Å². The Morgan fingerprint density at radius 1 is 1.28 bits per heavy atom. The van der Waals surface area contributed by atoms with Gasteiger partial charge in [-0.3, -0.25) is 0 Å². The minimum Gasteiger partial charge on any atom is -0.377 e. The third-order valence-electron chi connectivity index (χ3n) is 7.19. The van der Waals surface area contributed by atoms with Gasteiger partial charge in [0.25, 0.3) is 0 Å². The van der Waals surface area contributed by atoms with E-state index >= 15 is 0 Å². The van der Waals surface area contributed by atoms with Gasteiger partial charge in [-0.15, -0.1) is 10.2 Å². The summed E-state index contributed by atoms with van der Waals surface area (Å²) in [6.45, 7) is 4.12. The van der Waals surface area contributed by atoms with Crippen molar-refractivity contribution in [3.8, 4) is 0 Å². The number of aryl methyl sites for hydroxylation is 1. The number of hydrogen-bond donors (Lipinski definition) is 2. The predicted molar refractivity (Wildman–Crippen MR) is 111 cm³/mol. The molecule has 1 aromatic heterocycles. The average Bonchev–Trinajstić information content (AvgIpc) is 3.26. The molecule has 3 unspecified atom stereocenters. The van der Waals surface area contributed by atoms with Crippen LogP contribution in [0.15, 0.2) is 35.3 Å². The van der Waals surface area contributed by atoms with Crippen LogP contribution in [0.5, 0.6) is 0 Å². The zero-order valence-corrected chi connectivity index (χ0v) is 17.3. The van der Waals surface area contributed by atoms with Crippen LogP contribution < -0.4 is 10.6 Å². The Hall–Kier alpha value is -2.41. The van der Waals surface area contributed by atoms with Crippen LogP contribution in [0.2, 0.25) is 0 Å². The van der Waals surface area contributed by atoms with E-state index in [0.717, 1.165) is 30.6 Å². The van der Waals surface area contributed by atoms with E-state index in [0.29, 0.717) is 36.6 Å². The molecule has 1 spiro atoms. The molecule has 0 bridgehead atoms. The number of nitrogens with zero attached hydrogens (tertiary/aromatic N) is 4. The van der Waals surface area contributed by atoms with E-state index in [1.165, 1.54) is 24.8 Å². The van der Waals surface area contributed by atoms with Gasteiger partial charge < -0.3 is 19.9 Å². The number of rotatable bonds is 5. The van der Waals surface area contributed by atoms with Crippen LogP contribution >= 0.6 is 0 Å². The standard InChI is InChI=1S/C22H30N6O/c1-15-26-27-18(28(15)2)14-24-21(23-13-16-7-4-3-5-8-16)25-19-17-9-12-29-20(17)22(19)10-6-11-22/h3-5,7-8,17,19-20H,6,9-14H2,1-2H3,(H2,23,24,25). The number of benzene rings is 1. The molecule has 5 rings (SSSR count). The van der Waals surface area contributed by atoms with Crippen LogP contribution in [0.3, 0.4) is 0 Å². The van der Waals surface area contributed by atoms with Crippen molar-refractivity contribution in [1.29, 1.82) is 0 Å². The molecule has 0 radical (unpaired) electrons. The quantitative estimate of drug-likeness (QED) is 0.601.